The van der Waals surface area contributed by atoms with E-state index in [2.05, 4.69) is 140 Å². The Kier molecular flexibility index (Phi) is 6.90. The first-order chi connectivity index (χ1) is 25.7. The van der Waals surface area contributed by atoms with E-state index in [1.807, 2.05) is 0 Å². The average Bonchev–Trinajstić information content (AvgIpc) is 3.28. The van der Waals surface area contributed by atoms with E-state index in [4.69, 9.17) is 15.0 Å². The predicted molar refractivity (Wildman–Crippen MR) is 214 cm³/mol. The second kappa shape index (κ2) is 12.0. The molecule has 1 aromatic heterocycles. The summed E-state index contributed by atoms with van der Waals surface area (Å²) in [6.45, 7) is 0. The van der Waals surface area contributed by atoms with Crippen molar-refractivity contribution in [3.05, 3.63) is 151 Å². The first-order valence-corrected chi connectivity index (χ1v) is 19.1. The Hall–Kier alpha value is -5.67. The standard InChI is InChI=1S/C49H39N3/c1-2-9-31(10-3-1)32-11-8-12-34(25-32)47-50-48(35-19-21-40-38-24-30-17-18-33(26-39(40)27-35)37(23-30)28-38)52-49(51-47)36-20-22-45-43-15-5-4-13-41(43)42-14-6-7-16-44(42)46(45)29-36/h1-16,19-22,25,27,29-30,33,37-38H,17-18,23-24,26,28H2. The summed E-state index contributed by atoms with van der Waals surface area (Å²) in [7, 11) is 0. The summed E-state index contributed by atoms with van der Waals surface area (Å²) < 4.78 is 0. The Morgan fingerprint density at radius 3 is 1.69 bits per heavy atom. The van der Waals surface area contributed by atoms with Gasteiger partial charge in [0.15, 0.2) is 17.5 Å². The summed E-state index contributed by atoms with van der Waals surface area (Å²) in [6.07, 6.45) is 8.16. The third-order valence-corrected chi connectivity index (χ3v) is 12.6. The SMILES string of the molecule is c1ccc(-c2cccc(-c3nc(-c4ccc5c(c4)CC4CCC6CC5CC4C6)nc(-c4ccc5c6ccccc6c6ccccc6c5c4)n3)c2)cc1. The molecule has 0 saturated heterocycles. The molecule has 4 atom stereocenters. The van der Waals surface area contributed by atoms with Crippen LogP contribution in [0.4, 0.5) is 0 Å². The highest BCUT2D eigenvalue weighted by Gasteiger charge is 2.41. The van der Waals surface area contributed by atoms with Crippen molar-refractivity contribution in [2.24, 2.45) is 17.8 Å². The summed E-state index contributed by atoms with van der Waals surface area (Å²) in [5.41, 5.74) is 8.51. The van der Waals surface area contributed by atoms with E-state index in [0.717, 1.165) is 45.8 Å². The first-order valence-electron chi connectivity index (χ1n) is 19.1. The fraction of sp³-hybridized carbons (Fsp3) is 0.204. The van der Waals surface area contributed by atoms with Crippen molar-refractivity contribution in [1.29, 1.82) is 0 Å². The maximum atomic E-state index is 5.29. The number of benzene rings is 7. The number of fused-ring (bicyclic) bond motifs is 10. The van der Waals surface area contributed by atoms with Gasteiger partial charge in [0.1, 0.15) is 0 Å². The van der Waals surface area contributed by atoms with Crippen LogP contribution in [0.1, 0.15) is 49.1 Å². The summed E-state index contributed by atoms with van der Waals surface area (Å²) in [4.78, 5) is 15.8. The summed E-state index contributed by atoms with van der Waals surface area (Å²) in [6, 6.07) is 50.6. The molecule has 0 spiro atoms. The summed E-state index contributed by atoms with van der Waals surface area (Å²) >= 11 is 0. The molecule has 1 heterocycles. The zero-order chi connectivity index (χ0) is 34.2. The van der Waals surface area contributed by atoms with Crippen LogP contribution >= 0.6 is 0 Å². The van der Waals surface area contributed by atoms with Gasteiger partial charge in [0.2, 0.25) is 0 Å². The number of aromatic nitrogens is 3. The lowest BCUT2D eigenvalue weighted by molar-refractivity contribution is 0.115. The Morgan fingerprint density at radius 1 is 0.385 bits per heavy atom. The fourth-order valence-electron chi connectivity index (χ4n) is 10.2. The zero-order valence-corrected chi connectivity index (χ0v) is 29.2. The van der Waals surface area contributed by atoms with Gasteiger partial charge in [-0.1, -0.05) is 128 Å². The highest BCUT2D eigenvalue weighted by molar-refractivity contribution is 6.25. The van der Waals surface area contributed by atoms with Crippen LogP contribution in [0, 0.1) is 17.8 Å². The molecule has 0 aliphatic heterocycles. The first kappa shape index (κ1) is 30.0. The lowest BCUT2D eigenvalue weighted by atomic mass is 9.64. The van der Waals surface area contributed by atoms with Crippen LogP contribution in [-0.2, 0) is 6.42 Å². The molecular weight excluding hydrogens is 631 g/mol. The second-order valence-electron chi connectivity index (χ2n) is 15.6. The maximum Gasteiger partial charge on any atom is 0.164 e. The minimum atomic E-state index is 0.700. The normalized spacial score (nSPS) is 20.6. The van der Waals surface area contributed by atoms with E-state index < -0.39 is 0 Å². The minimum absolute atomic E-state index is 0.700. The number of hydrogen-bond acceptors (Lipinski definition) is 3. The van der Waals surface area contributed by atoms with Gasteiger partial charge in [0.25, 0.3) is 0 Å². The molecule has 52 heavy (non-hydrogen) atoms. The lowest BCUT2D eigenvalue weighted by Crippen LogP contribution is -2.30. The molecule has 3 aliphatic carbocycles. The van der Waals surface area contributed by atoms with Crippen LogP contribution < -0.4 is 0 Å². The molecule has 0 amide bonds. The van der Waals surface area contributed by atoms with Crippen LogP contribution in [0.2, 0.25) is 0 Å². The van der Waals surface area contributed by atoms with Crippen LogP contribution in [0.3, 0.4) is 0 Å². The molecule has 2 fully saturated rings. The highest BCUT2D eigenvalue weighted by atomic mass is 15.0. The van der Waals surface area contributed by atoms with Gasteiger partial charge in [0.05, 0.1) is 0 Å². The fourth-order valence-corrected chi connectivity index (χ4v) is 10.2. The van der Waals surface area contributed by atoms with Crippen molar-refractivity contribution < 1.29 is 0 Å². The molecule has 8 aromatic rings. The van der Waals surface area contributed by atoms with Gasteiger partial charge in [-0.2, -0.15) is 0 Å². The Balaban J connectivity index is 1.10. The molecule has 11 rings (SSSR count). The molecule has 250 valence electrons. The van der Waals surface area contributed by atoms with Gasteiger partial charge in [-0.05, 0) is 129 Å². The largest absolute Gasteiger partial charge is 0.208 e. The third kappa shape index (κ3) is 4.98. The zero-order valence-electron chi connectivity index (χ0n) is 29.2. The van der Waals surface area contributed by atoms with Crippen molar-refractivity contribution >= 4 is 32.3 Å². The van der Waals surface area contributed by atoms with E-state index in [1.54, 1.807) is 5.56 Å². The smallest absolute Gasteiger partial charge is 0.164 e. The highest BCUT2D eigenvalue weighted by Crippen LogP contribution is 2.53. The van der Waals surface area contributed by atoms with E-state index >= 15 is 0 Å². The quantitative estimate of drug-likeness (QED) is 0.175. The molecule has 4 unspecified atom stereocenters. The topological polar surface area (TPSA) is 38.7 Å². The molecule has 3 heteroatoms. The number of nitrogens with zero attached hydrogens (tertiary/aromatic N) is 3. The molecule has 3 aliphatic rings. The number of rotatable bonds is 4. The molecular formula is C49H39N3. The van der Waals surface area contributed by atoms with Gasteiger partial charge in [0, 0.05) is 16.7 Å². The van der Waals surface area contributed by atoms with Gasteiger partial charge < -0.3 is 0 Å². The van der Waals surface area contributed by atoms with E-state index in [9.17, 15) is 0 Å². The van der Waals surface area contributed by atoms with Gasteiger partial charge >= 0.3 is 0 Å². The Bertz CT molecular complexity index is 2640. The molecule has 3 nitrogen and oxygen atoms in total. The van der Waals surface area contributed by atoms with Crippen molar-refractivity contribution in [3.8, 4) is 45.3 Å². The monoisotopic (exact) mass is 669 g/mol. The third-order valence-electron chi connectivity index (χ3n) is 12.6. The molecule has 2 saturated carbocycles. The van der Waals surface area contributed by atoms with Crippen molar-refractivity contribution in [1.82, 2.24) is 15.0 Å². The second-order valence-corrected chi connectivity index (χ2v) is 15.6. The van der Waals surface area contributed by atoms with Gasteiger partial charge in [-0.15, -0.1) is 0 Å². The van der Waals surface area contributed by atoms with Crippen LogP contribution in [0.5, 0.6) is 0 Å². The van der Waals surface area contributed by atoms with Crippen LogP contribution in [0.25, 0.3) is 77.6 Å². The Morgan fingerprint density at radius 2 is 0.962 bits per heavy atom. The van der Waals surface area contributed by atoms with Crippen molar-refractivity contribution in [2.45, 2.75) is 44.4 Å². The molecule has 0 radical (unpaired) electrons. The lowest BCUT2D eigenvalue weighted by Gasteiger charge is -2.41. The van der Waals surface area contributed by atoms with Crippen molar-refractivity contribution in [2.75, 3.05) is 0 Å². The predicted octanol–water partition coefficient (Wildman–Crippen LogP) is 12.5. The van der Waals surface area contributed by atoms with E-state index in [1.165, 1.54) is 82.0 Å². The average molecular weight is 670 g/mol. The van der Waals surface area contributed by atoms with E-state index in [-0.39, 0.29) is 0 Å². The van der Waals surface area contributed by atoms with Crippen LogP contribution in [0.15, 0.2) is 140 Å². The molecule has 0 N–H and O–H groups in total. The van der Waals surface area contributed by atoms with E-state index in [0.29, 0.717) is 17.6 Å². The minimum Gasteiger partial charge on any atom is -0.208 e. The van der Waals surface area contributed by atoms with Gasteiger partial charge in [-0.3, -0.25) is 0 Å². The van der Waals surface area contributed by atoms with Crippen LogP contribution in [-0.4, -0.2) is 15.0 Å². The van der Waals surface area contributed by atoms with Gasteiger partial charge in [-0.25, -0.2) is 15.0 Å². The summed E-state index contributed by atoms with van der Waals surface area (Å²) in [5.74, 6) is 5.47. The number of hydrogen-bond donors (Lipinski definition) is 0. The molecule has 3 bridgehead atoms. The molecule has 7 aromatic carbocycles. The maximum absolute atomic E-state index is 5.29. The van der Waals surface area contributed by atoms with Crippen molar-refractivity contribution in [3.63, 3.8) is 0 Å². The summed E-state index contributed by atoms with van der Waals surface area (Å²) in [5, 5.41) is 7.51. The Labute approximate surface area is 304 Å².